The quantitative estimate of drug-likeness (QED) is 0.841. The van der Waals surface area contributed by atoms with Crippen molar-refractivity contribution in [3.63, 3.8) is 0 Å². The van der Waals surface area contributed by atoms with E-state index < -0.39 is 16.0 Å². The summed E-state index contributed by atoms with van der Waals surface area (Å²) in [5, 5.41) is 8.87. The number of sulfonamides is 1. The molecule has 2 aromatic rings. The van der Waals surface area contributed by atoms with Gasteiger partial charge in [0.15, 0.2) is 0 Å². The van der Waals surface area contributed by atoms with Crippen LogP contribution in [-0.4, -0.2) is 19.5 Å². The van der Waals surface area contributed by atoms with Gasteiger partial charge in [-0.2, -0.15) is 0 Å². The Labute approximate surface area is 132 Å². The minimum Gasteiger partial charge on any atom is -0.478 e. The number of benzene rings is 2. The second kappa shape index (κ2) is 6.10. The summed E-state index contributed by atoms with van der Waals surface area (Å²) >= 11 is 5.87. The molecule has 0 atom stereocenters. The van der Waals surface area contributed by atoms with E-state index in [1.54, 1.807) is 12.1 Å². The van der Waals surface area contributed by atoms with Crippen LogP contribution in [0.25, 0.3) is 0 Å². The summed E-state index contributed by atoms with van der Waals surface area (Å²) in [4.78, 5) is 10.6. The molecular formula is C15H10ClNO4S. The fourth-order valence-electron chi connectivity index (χ4n) is 1.72. The second-order valence-corrected chi connectivity index (χ2v) is 6.34. The van der Waals surface area contributed by atoms with Crippen LogP contribution in [0.15, 0.2) is 47.4 Å². The van der Waals surface area contributed by atoms with Crippen LogP contribution >= 0.6 is 11.6 Å². The number of nitrogens with one attached hydrogen (secondary N) is 1. The summed E-state index contributed by atoms with van der Waals surface area (Å²) in [6.07, 6.45) is 5.26. The van der Waals surface area contributed by atoms with E-state index in [1.165, 1.54) is 24.3 Å². The first-order chi connectivity index (χ1) is 10.3. The van der Waals surface area contributed by atoms with Crippen molar-refractivity contribution in [1.82, 2.24) is 0 Å². The van der Waals surface area contributed by atoms with E-state index >= 15 is 0 Å². The van der Waals surface area contributed by atoms with Gasteiger partial charge in [0, 0.05) is 5.56 Å². The van der Waals surface area contributed by atoms with Crippen molar-refractivity contribution in [2.45, 2.75) is 4.90 Å². The molecule has 0 aromatic heterocycles. The van der Waals surface area contributed by atoms with Crippen molar-refractivity contribution in [3.05, 3.63) is 58.6 Å². The Morgan fingerprint density at radius 2 is 1.95 bits per heavy atom. The number of carboxylic acid groups (broad SMARTS) is 1. The van der Waals surface area contributed by atoms with E-state index in [4.69, 9.17) is 23.1 Å². The van der Waals surface area contributed by atoms with E-state index in [1.807, 2.05) is 0 Å². The molecule has 5 nitrogen and oxygen atoms in total. The third-order valence-electron chi connectivity index (χ3n) is 2.75. The number of anilines is 1. The highest BCUT2D eigenvalue weighted by Crippen LogP contribution is 2.25. The first-order valence-corrected chi connectivity index (χ1v) is 7.82. The standard InChI is InChI=1S/C15H10ClNO4S/c1-2-10-4-3-5-12(8-10)17-22(20,21)14-9-11(15(18)19)6-7-13(14)16/h1,3-9,17H,(H,18,19). The van der Waals surface area contributed by atoms with Crippen LogP contribution in [0.2, 0.25) is 5.02 Å². The van der Waals surface area contributed by atoms with Crippen molar-refractivity contribution in [3.8, 4) is 12.3 Å². The van der Waals surface area contributed by atoms with Gasteiger partial charge in [0.25, 0.3) is 10.0 Å². The fourth-order valence-corrected chi connectivity index (χ4v) is 3.30. The molecule has 0 heterocycles. The predicted molar refractivity (Wildman–Crippen MR) is 83.6 cm³/mol. The van der Waals surface area contributed by atoms with Gasteiger partial charge in [-0.15, -0.1) is 6.42 Å². The number of aromatic carboxylic acids is 1. The second-order valence-electron chi connectivity index (χ2n) is 4.28. The Balaban J connectivity index is 2.44. The monoisotopic (exact) mass is 335 g/mol. The van der Waals surface area contributed by atoms with E-state index in [-0.39, 0.29) is 21.2 Å². The van der Waals surface area contributed by atoms with E-state index in [0.717, 1.165) is 6.07 Å². The van der Waals surface area contributed by atoms with Crippen LogP contribution in [0, 0.1) is 12.3 Å². The third-order valence-corrected chi connectivity index (χ3v) is 4.61. The molecule has 0 fully saturated rings. The highest BCUT2D eigenvalue weighted by molar-refractivity contribution is 7.92. The molecule has 2 N–H and O–H groups in total. The molecule has 0 bridgehead atoms. The lowest BCUT2D eigenvalue weighted by atomic mass is 10.2. The highest BCUT2D eigenvalue weighted by atomic mass is 35.5. The summed E-state index contributed by atoms with van der Waals surface area (Å²) < 4.78 is 27.0. The number of carbonyl (C=O) groups is 1. The number of carboxylic acids is 1. The lowest BCUT2D eigenvalue weighted by Gasteiger charge is -2.10. The molecule has 0 radical (unpaired) electrons. The summed E-state index contributed by atoms with van der Waals surface area (Å²) in [6.45, 7) is 0. The molecule has 0 saturated heterocycles. The average Bonchev–Trinajstić information content (AvgIpc) is 2.47. The van der Waals surface area contributed by atoms with Crippen molar-refractivity contribution in [2.24, 2.45) is 0 Å². The Kier molecular flexibility index (Phi) is 4.40. The van der Waals surface area contributed by atoms with Crippen molar-refractivity contribution >= 4 is 33.3 Å². The molecule has 0 aliphatic rings. The van der Waals surface area contributed by atoms with Crippen LogP contribution in [0.1, 0.15) is 15.9 Å². The number of terminal acetylenes is 1. The van der Waals surface area contributed by atoms with Gasteiger partial charge < -0.3 is 5.11 Å². The molecule has 7 heteroatoms. The number of rotatable bonds is 4. The summed E-state index contributed by atoms with van der Waals surface area (Å²) in [5.74, 6) is 1.14. The third kappa shape index (κ3) is 3.39. The van der Waals surface area contributed by atoms with Gasteiger partial charge in [0.2, 0.25) is 0 Å². The van der Waals surface area contributed by atoms with Gasteiger partial charge in [0.1, 0.15) is 4.90 Å². The van der Waals surface area contributed by atoms with Crippen molar-refractivity contribution < 1.29 is 18.3 Å². The van der Waals surface area contributed by atoms with Gasteiger partial charge >= 0.3 is 5.97 Å². The number of hydrogen-bond acceptors (Lipinski definition) is 3. The van der Waals surface area contributed by atoms with Gasteiger partial charge in [-0.1, -0.05) is 23.6 Å². The first-order valence-electron chi connectivity index (χ1n) is 5.96. The maximum atomic E-state index is 12.4. The molecule has 0 aliphatic carbocycles. The zero-order chi connectivity index (χ0) is 16.3. The zero-order valence-corrected chi connectivity index (χ0v) is 12.6. The van der Waals surface area contributed by atoms with E-state index in [0.29, 0.717) is 5.56 Å². The lowest BCUT2D eigenvalue weighted by Crippen LogP contribution is -2.14. The predicted octanol–water partition coefficient (Wildman–Crippen LogP) is 2.82. The Morgan fingerprint density at radius 3 is 2.59 bits per heavy atom. The molecular weight excluding hydrogens is 326 g/mol. The summed E-state index contributed by atoms with van der Waals surface area (Å²) in [5.41, 5.74) is 0.583. The molecule has 2 aromatic carbocycles. The highest BCUT2D eigenvalue weighted by Gasteiger charge is 2.20. The molecule has 0 amide bonds. The largest absolute Gasteiger partial charge is 0.478 e. The fraction of sp³-hybridized carbons (Fsp3) is 0. The van der Waals surface area contributed by atoms with Gasteiger partial charge in [-0.25, -0.2) is 13.2 Å². The van der Waals surface area contributed by atoms with Crippen LogP contribution in [0.5, 0.6) is 0 Å². The molecule has 0 unspecified atom stereocenters. The van der Waals surface area contributed by atoms with Crippen molar-refractivity contribution in [1.29, 1.82) is 0 Å². The Bertz CT molecular complexity index is 885. The molecule has 2 rings (SSSR count). The Morgan fingerprint density at radius 1 is 1.23 bits per heavy atom. The molecule has 0 spiro atoms. The van der Waals surface area contributed by atoms with Crippen molar-refractivity contribution in [2.75, 3.05) is 4.72 Å². The smallest absolute Gasteiger partial charge is 0.335 e. The Hall–Kier alpha value is -2.49. The molecule has 0 saturated carbocycles. The molecule has 0 aliphatic heterocycles. The maximum Gasteiger partial charge on any atom is 0.335 e. The van der Waals surface area contributed by atoms with Gasteiger partial charge in [0.05, 0.1) is 16.3 Å². The van der Waals surface area contributed by atoms with Gasteiger partial charge in [-0.3, -0.25) is 4.72 Å². The van der Waals surface area contributed by atoms with Crippen LogP contribution < -0.4 is 4.72 Å². The molecule has 22 heavy (non-hydrogen) atoms. The SMILES string of the molecule is C#Cc1cccc(NS(=O)(=O)c2cc(C(=O)O)ccc2Cl)c1. The topological polar surface area (TPSA) is 83.5 Å². The minimum atomic E-state index is -4.04. The zero-order valence-electron chi connectivity index (χ0n) is 11.1. The van der Waals surface area contributed by atoms with Crippen LogP contribution in [0.3, 0.4) is 0 Å². The van der Waals surface area contributed by atoms with E-state index in [2.05, 4.69) is 10.6 Å². The van der Waals surface area contributed by atoms with Gasteiger partial charge in [-0.05, 0) is 36.4 Å². The average molecular weight is 336 g/mol. The summed E-state index contributed by atoms with van der Waals surface area (Å²) in [6, 6.07) is 9.69. The van der Waals surface area contributed by atoms with Crippen LogP contribution in [0.4, 0.5) is 5.69 Å². The van der Waals surface area contributed by atoms with Crippen LogP contribution in [-0.2, 0) is 10.0 Å². The normalized spacial score (nSPS) is 10.7. The lowest BCUT2D eigenvalue weighted by molar-refractivity contribution is 0.0696. The minimum absolute atomic E-state index is 0.0781. The molecule has 112 valence electrons. The van der Waals surface area contributed by atoms with E-state index in [9.17, 15) is 13.2 Å². The number of halogens is 1. The first kappa shape index (κ1) is 15.9. The summed E-state index contributed by atoms with van der Waals surface area (Å²) in [7, 11) is -4.04. The maximum absolute atomic E-state index is 12.4. The number of hydrogen-bond donors (Lipinski definition) is 2.